The van der Waals surface area contributed by atoms with E-state index in [2.05, 4.69) is 46.7 Å². The first-order valence-corrected chi connectivity index (χ1v) is 11.5. The molecule has 2 aliphatic heterocycles. The van der Waals surface area contributed by atoms with Gasteiger partial charge in [0.05, 0.1) is 26.4 Å². The number of piperidine rings is 1. The van der Waals surface area contributed by atoms with E-state index < -0.39 is 0 Å². The van der Waals surface area contributed by atoms with Gasteiger partial charge in [-0.3, -0.25) is 4.90 Å². The summed E-state index contributed by atoms with van der Waals surface area (Å²) in [4.78, 5) is 21.0. The molecule has 0 bridgehead atoms. The number of amides is 1. The first-order chi connectivity index (χ1) is 15.2. The van der Waals surface area contributed by atoms with Gasteiger partial charge in [0.2, 0.25) is 0 Å². The Labute approximate surface area is 209 Å². The van der Waals surface area contributed by atoms with Crippen molar-refractivity contribution in [3.05, 3.63) is 35.4 Å². The summed E-state index contributed by atoms with van der Waals surface area (Å²) in [5.41, 5.74) is 2.58. The van der Waals surface area contributed by atoms with Crippen LogP contribution in [0.1, 0.15) is 37.8 Å². The summed E-state index contributed by atoms with van der Waals surface area (Å²) in [7, 11) is 0. The molecule has 2 heterocycles. The maximum atomic E-state index is 11.9. The molecule has 0 aliphatic carbocycles. The topological polar surface area (TPSA) is 78.4 Å². The van der Waals surface area contributed by atoms with E-state index in [4.69, 9.17) is 14.5 Å². The van der Waals surface area contributed by atoms with Gasteiger partial charge in [0.25, 0.3) is 0 Å². The lowest BCUT2D eigenvalue weighted by molar-refractivity contribution is 0.0341. The zero-order valence-electron chi connectivity index (χ0n) is 19.3. The molecule has 2 fully saturated rings. The number of likely N-dealkylation sites (tertiary alicyclic amines) is 1. The molecule has 32 heavy (non-hydrogen) atoms. The second-order valence-electron chi connectivity index (χ2n) is 7.96. The minimum absolute atomic E-state index is 0. The van der Waals surface area contributed by atoms with Crippen molar-refractivity contribution >= 4 is 36.0 Å². The minimum atomic E-state index is -0.210. The number of carbonyl (C=O) groups is 1. The summed E-state index contributed by atoms with van der Waals surface area (Å²) in [6, 6.07) is 8.85. The van der Waals surface area contributed by atoms with Gasteiger partial charge in [-0.15, -0.1) is 24.0 Å². The van der Waals surface area contributed by atoms with Crippen molar-refractivity contribution in [2.75, 3.05) is 52.5 Å². The average Bonchev–Trinajstić information content (AvgIpc) is 2.80. The monoisotopic (exact) mass is 559 g/mol. The molecule has 0 unspecified atom stereocenters. The van der Waals surface area contributed by atoms with Crippen LogP contribution < -0.4 is 10.6 Å². The summed E-state index contributed by atoms with van der Waals surface area (Å²) >= 11 is 0. The Balaban J connectivity index is 0.00000363. The number of hydrogen-bond acceptors (Lipinski definition) is 5. The highest BCUT2D eigenvalue weighted by molar-refractivity contribution is 14.0. The highest BCUT2D eigenvalue weighted by atomic mass is 127. The van der Waals surface area contributed by atoms with Gasteiger partial charge in [-0.2, -0.15) is 0 Å². The average molecular weight is 559 g/mol. The van der Waals surface area contributed by atoms with Gasteiger partial charge >= 0.3 is 6.09 Å². The molecule has 3 rings (SSSR count). The van der Waals surface area contributed by atoms with Crippen LogP contribution in [0, 0.1) is 0 Å². The molecule has 2 saturated heterocycles. The highest BCUT2D eigenvalue weighted by Crippen LogP contribution is 2.15. The first-order valence-electron chi connectivity index (χ1n) is 11.5. The molecule has 0 atom stereocenters. The van der Waals surface area contributed by atoms with E-state index in [1.807, 2.05) is 6.92 Å². The maximum absolute atomic E-state index is 11.9. The van der Waals surface area contributed by atoms with E-state index in [1.54, 1.807) is 4.90 Å². The summed E-state index contributed by atoms with van der Waals surface area (Å²) in [5.74, 6) is 0.832. The fraction of sp³-hybridized carbons (Fsp3) is 0.652. The molecule has 1 aromatic rings. The lowest BCUT2D eigenvalue weighted by Gasteiger charge is -2.32. The molecule has 1 aromatic carbocycles. The van der Waals surface area contributed by atoms with Crippen molar-refractivity contribution in [1.82, 2.24) is 20.4 Å². The molecular formula is C23H38IN5O3. The van der Waals surface area contributed by atoms with Gasteiger partial charge in [0.15, 0.2) is 5.96 Å². The largest absolute Gasteiger partial charge is 0.450 e. The predicted molar refractivity (Wildman–Crippen MR) is 138 cm³/mol. The van der Waals surface area contributed by atoms with Crippen LogP contribution >= 0.6 is 24.0 Å². The van der Waals surface area contributed by atoms with E-state index in [-0.39, 0.29) is 30.1 Å². The van der Waals surface area contributed by atoms with Crippen LogP contribution in [0.25, 0.3) is 0 Å². The molecule has 0 aromatic heterocycles. The highest BCUT2D eigenvalue weighted by Gasteiger charge is 2.24. The molecule has 0 spiro atoms. The summed E-state index contributed by atoms with van der Waals surface area (Å²) < 4.78 is 10.6. The first kappa shape index (κ1) is 26.7. The SMILES string of the molecule is CCNC(=NCc1ccccc1CN1CCOCC1)NC1CCN(C(=O)OCC)CC1.I. The number of nitrogens with zero attached hydrogens (tertiary/aromatic N) is 3. The minimum Gasteiger partial charge on any atom is -0.450 e. The standard InChI is InChI=1S/C23H37N5O3.HI/c1-3-24-22(26-21-9-11-28(12-10-21)23(29)31-4-2)25-17-19-7-5-6-8-20(19)18-27-13-15-30-16-14-27;/h5-8,21H,3-4,9-18H2,1-2H3,(H2,24,25,26);1H. The van der Waals surface area contributed by atoms with Crippen molar-refractivity contribution in [2.45, 2.75) is 45.8 Å². The van der Waals surface area contributed by atoms with Gasteiger partial charge in [-0.05, 0) is 37.8 Å². The zero-order chi connectivity index (χ0) is 21.9. The number of morpholine rings is 1. The van der Waals surface area contributed by atoms with Gasteiger partial charge in [-0.1, -0.05) is 24.3 Å². The third kappa shape index (κ3) is 8.40. The van der Waals surface area contributed by atoms with Gasteiger partial charge in [-0.25, -0.2) is 9.79 Å². The number of ether oxygens (including phenoxy) is 2. The Morgan fingerprint density at radius 2 is 1.81 bits per heavy atom. The van der Waals surface area contributed by atoms with E-state index >= 15 is 0 Å². The number of hydrogen-bond donors (Lipinski definition) is 2. The molecule has 1 amide bonds. The predicted octanol–water partition coefficient (Wildman–Crippen LogP) is 2.81. The lowest BCUT2D eigenvalue weighted by atomic mass is 10.1. The molecular weight excluding hydrogens is 521 g/mol. The van der Waals surface area contributed by atoms with Crippen molar-refractivity contribution < 1.29 is 14.3 Å². The van der Waals surface area contributed by atoms with E-state index in [0.717, 1.165) is 58.2 Å². The van der Waals surface area contributed by atoms with E-state index in [1.165, 1.54) is 11.1 Å². The Bertz CT molecular complexity index is 719. The molecule has 2 N–H and O–H groups in total. The smallest absolute Gasteiger partial charge is 0.409 e. The van der Waals surface area contributed by atoms with Crippen LogP contribution in [0.3, 0.4) is 0 Å². The summed E-state index contributed by atoms with van der Waals surface area (Å²) in [6.07, 6.45) is 1.56. The second-order valence-corrected chi connectivity index (χ2v) is 7.96. The Hall–Kier alpha value is -1.59. The lowest BCUT2D eigenvalue weighted by Crippen LogP contribution is -2.49. The van der Waals surface area contributed by atoms with Crippen LogP contribution in [-0.2, 0) is 22.6 Å². The van der Waals surface area contributed by atoms with Crippen LogP contribution in [0.15, 0.2) is 29.3 Å². The van der Waals surface area contributed by atoms with Crippen molar-refractivity contribution in [3.63, 3.8) is 0 Å². The van der Waals surface area contributed by atoms with Crippen molar-refractivity contribution in [3.8, 4) is 0 Å². The third-order valence-corrected chi connectivity index (χ3v) is 5.73. The number of halogens is 1. The molecule has 0 saturated carbocycles. The Morgan fingerprint density at radius 1 is 1.12 bits per heavy atom. The molecule has 9 heteroatoms. The van der Waals surface area contributed by atoms with E-state index in [0.29, 0.717) is 32.3 Å². The Morgan fingerprint density at radius 3 is 2.47 bits per heavy atom. The van der Waals surface area contributed by atoms with Gasteiger partial charge < -0.3 is 25.0 Å². The van der Waals surface area contributed by atoms with Crippen LogP contribution in [0.4, 0.5) is 4.79 Å². The molecule has 2 aliphatic rings. The third-order valence-electron chi connectivity index (χ3n) is 5.73. The fourth-order valence-electron chi connectivity index (χ4n) is 3.96. The van der Waals surface area contributed by atoms with Gasteiger partial charge in [0.1, 0.15) is 0 Å². The van der Waals surface area contributed by atoms with Crippen LogP contribution in [0.5, 0.6) is 0 Å². The van der Waals surface area contributed by atoms with Gasteiger partial charge in [0, 0.05) is 45.3 Å². The summed E-state index contributed by atoms with van der Waals surface area (Å²) in [6.45, 7) is 11.7. The molecule has 180 valence electrons. The number of carbonyl (C=O) groups excluding carboxylic acids is 1. The summed E-state index contributed by atoms with van der Waals surface area (Å²) in [5, 5.41) is 6.91. The fourth-order valence-corrected chi connectivity index (χ4v) is 3.96. The zero-order valence-corrected chi connectivity index (χ0v) is 21.7. The van der Waals surface area contributed by atoms with Crippen LogP contribution in [0.2, 0.25) is 0 Å². The van der Waals surface area contributed by atoms with E-state index in [9.17, 15) is 4.79 Å². The van der Waals surface area contributed by atoms with Crippen LogP contribution in [-0.4, -0.2) is 80.4 Å². The van der Waals surface area contributed by atoms with Crippen molar-refractivity contribution in [2.24, 2.45) is 4.99 Å². The molecule has 0 radical (unpaired) electrons. The normalized spacial score (nSPS) is 18.1. The number of nitrogens with one attached hydrogen (secondary N) is 2. The number of benzene rings is 1. The Kier molecular flexibility index (Phi) is 12.1. The number of aliphatic imine (C=N–C) groups is 1. The number of rotatable bonds is 7. The quantitative estimate of drug-likeness (QED) is 0.304. The second kappa shape index (κ2) is 14.5. The molecule has 8 nitrogen and oxygen atoms in total. The maximum Gasteiger partial charge on any atom is 0.409 e. The number of guanidine groups is 1. The van der Waals surface area contributed by atoms with Crippen molar-refractivity contribution in [1.29, 1.82) is 0 Å².